The predicted octanol–water partition coefficient (Wildman–Crippen LogP) is 2.99. The predicted molar refractivity (Wildman–Crippen MR) is 122 cm³/mol. The van der Waals surface area contributed by atoms with Crippen molar-refractivity contribution in [2.75, 3.05) is 32.8 Å². The first-order valence-electron chi connectivity index (χ1n) is 10.8. The molecule has 4 rings (SSSR count). The molecule has 1 aliphatic heterocycles. The van der Waals surface area contributed by atoms with Crippen LogP contribution in [0.5, 0.6) is 0 Å². The summed E-state index contributed by atoms with van der Waals surface area (Å²) in [6.45, 7) is 4.98. The highest BCUT2D eigenvalue weighted by atomic mass is 32.2. The highest BCUT2D eigenvalue weighted by Gasteiger charge is 2.30. The standard InChI is InChI=1S/C24H26N2O6S/c1-3-31-24(28)18-5-7-20(8-6-18)33(29,30)26-12-10-25(11-13-26)23(27)15-19-16-32-22-14-17(2)4-9-21(19)22/h4-9,14,16H,3,10-13,15H2,1-2H3. The molecule has 1 fully saturated rings. The molecule has 2 aromatic carbocycles. The van der Waals surface area contributed by atoms with E-state index in [9.17, 15) is 18.0 Å². The Balaban J connectivity index is 1.38. The van der Waals surface area contributed by atoms with Crippen LogP contribution in [-0.2, 0) is 26.0 Å². The Morgan fingerprint density at radius 3 is 2.39 bits per heavy atom. The van der Waals surface area contributed by atoms with Crippen LogP contribution in [0.25, 0.3) is 11.0 Å². The number of esters is 1. The quantitative estimate of drug-likeness (QED) is 0.514. The first kappa shape index (κ1) is 23.0. The number of carbonyl (C=O) groups is 2. The molecular formula is C24H26N2O6S. The molecule has 1 aromatic heterocycles. The van der Waals surface area contributed by atoms with E-state index in [-0.39, 0.29) is 36.9 Å². The number of sulfonamides is 1. The van der Waals surface area contributed by atoms with Gasteiger partial charge >= 0.3 is 5.97 Å². The zero-order valence-corrected chi connectivity index (χ0v) is 19.4. The summed E-state index contributed by atoms with van der Waals surface area (Å²) in [7, 11) is -3.72. The third-order valence-corrected chi connectivity index (χ3v) is 7.66. The van der Waals surface area contributed by atoms with Crippen molar-refractivity contribution >= 4 is 32.9 Å². The Kier molecular flexibility index (Phi) is 6.53. The van der Waals surface area contributed by atoms with Gasteiger partial charge in [-0.1, -0.05) is 12.1 Å². The van der Waals surface area contributed by atoms with Gasteiger partial charge in [0.05, 0.1) is 29.7 Å². The van der Waals surface area contributed by atoms with E-state index in [1.54, 1.807) is 18.1 Å². The molecule has 9 heteroatoms. The molecular weight excluding hydrogens is 444 g/mol. The summed E-state index contributed by atoms with van der Waals surface area (Å²) in [4.78, 5) is 26.4. The summed E-state index contributed by atoms with van der Waals surface area (Å²) < 4.78 is 37.9. The highest BCUT2D eigenvalue weighted by molar-refractivity contribution is 7.89. The monoisotopic (exact) mass is 470 g/mol. The summed E-state index contributed by atoms with van der Waals surface area (Å²) >= 11 is 0. The second-order valence-electron chi connectivity index (χ2n) is 7.97. The van der Waals surface area contributed by atoms with Gasteiger partial charge in [-0.2, -0.15) is 4.31 Å². The SMILES string of the molecule is CCOC(=O)c1ccc(S(=O)(=O)N2CCN(C(=O)Cc3coc4cc(C)ccc34)CC2)cc1. The molecule has 0 radical (unpaired) electrons. The lowest BCUT2D eigenvalue weighted by molar-refractivity contribution is -0.131. The van der Waals surface area contributed by atoms with Crippen LogP contribution in [0.2, 0.25) is 0 Å². The third-order valence-electron chi connectivity index (χ3n) is 5.75. The Labute approximate surface area is 192 Å². The Morgan fingerprint density at radius 2 is 1.73 bits per heavy atom. The zero-order valence-electron chi connectivity index (χ0n) is 18.6. The lowest BCUT2D eigenvalue weighted by Crippen LogP contribution is -2.50. The van der Waals surface area contributed by atoms with Crippen LogP contribution < -0.4 is 0 Å². The highest BCUT2D eigenvalue weighted by Crippen LogP contribution is 2.24. The van der Waals surface area contributed by atoms with Crippen LogP contribution >= 0.6 is 0 Å². The normalized spacial score (nSPS) is 15.0. The van der Waals surface area contributed by atoms with Gasteiger partial charge in [0.25, 0.3) is 0 Å². The van der Waals surface area contributed by atoms with Crippen molar-refractivity contribution in [3.63, 3.8) is 0 Å². The minimum atomic E-state index is -3.72. The van der Waals surface area contributed by atoms with Crippen LogP contribution in [0.3, 0.4) is 0 Å². The number of rotatable bonds is 6. The van der Waals surface area contributed by atoms with Gasteiger partial charge in [-0.25, -0.2) is 13.2 Å². The average molecular weight is 471 g/mol. The molecule has 1 aliphatic rings. The van der Waals surface area contributed by atoms with Crippen molar-refractivity contribution in [2.24, 2.45) is 0 Å². The van der Waals surface area contributed by atoms with E-state index in [2.05, 4.69) is 0 Å². The van der Waals surface area contributed by atoms with E-state index in [0.29, 0.717) is 18.7 Å². The molecule has 0 aliphatic carbocycles. The van der Waals surface area contributed by atoms with Crippen LogP contribution in [0.15, 0.2) is 58.0 Å². The molecule has 2 heterocycles. The van der Waals surface area contributed by atoms with E-state index in [1.165, 1.54) is 28.6 Å². The van der Waals surface area contributed by atoms with Crippen LogP contribution in [0.1, 0.15) is 28.4 Å². The van der Waals surface area contributed by atoms with E-state index in [0.717, 1.165) is 22.1 Å². The Bertz CT molecular complexity index is 1270. The van der Waals surface area contributed by atoms with Crippen molar-refractivity contribution in [3.05, 3.63) is 65.4 Å². The molecule has 1 amide bonds. The van der Waals surface area contributed by atoms with Crippen LogP contribution in [0, 0.1) is 6.92 Å². The van der Waals surface area contributed by atoms with Crippen molar-refractivity contribution < 1.29 is 27.2 Å². The summed E-state index contributed by atoms with van der Waals surface area (Å²) in [5.74, 6) is -0.553. The molecule has 0 atom stereocenters. The van der Waals surface area contributed by atoms with Gasteiger partial charge in [0, 0.05) is 37.1 Å². The maximum absolute atomic E-state index is 13.0. The number of ether oxygens (including phenoxy) is 1. The molecule has 33 heavy (non-hydrogen) atoms. The first-order valence-corrected chi connectivity index (χ1v) is 12.3. The molecule has 174 valence electrons. The molecule has 8 nitrogen and oxygen atoms in total. The maximum Gasteiger partial charge on any atom is 0.338 e. The fourth-order valence-electron chi connectivity index (χ4n) is 3.91. The van der Waals surface area contributed by atoms with Crippen molar-refractivity contribution in [3.8, 4) is 0 Å². The fraction of sp³-hybridized carbons (Fsp3) is 0.333. The molecule has 0 N–H and O–H groups in total. The molecule has 0 unspecified atom stereocenters. The number of amides is 1. The number of nitrogens with zero attached hydrogens (tertiary/aromatic N) is 2. The maximum atomic E-state index is 13.0. The number of hydrogen-bond acceptors (Lipinski definition) is 6. The lowest BCUT2D eigenvalue weighted by Gasteiger charge is -2.34. The number of benzene rings is 2. The van der Waals surface area contributed by atoms with Gasteiger partial charge in [0.1, 0.15) is 5.58 Å². The summed E-state index contributed by atoms with van der Waals surface area (Å²) in [5.41, 5.74) is 2.96. The number of fused-ring (bicyclic) bond motifs is 1. The number of hydrogen-bond donors (Lipinski definition) is 0. The van der Waals surface area contributed by atoms with Crippen LogP contribution in [0.4, 0.5) is 0 Å². The van der Waals surface area contributed by atoms with Gasteiger partial charge in [-0.05, 0) is 49.7 Å². The van der Waals surface area contributed by atoms with E-state index in [4.69, 9.17) is 9.15 Å². The van der Waals surface area contributed by atoms with E-state index >= 15 is 0 Å². The first-order chi connectivity index (χ1) is 15.8. The summed E-state index contributed by atoms with van der Waals surface area (Å²) in [6, 6.07) is 11.6. The molecule has 3 aromatic rings. The molecule has 0 spiro atoms. The molecule has 0 saturated carbocycles. The largest absolute Gasteiger partial charge is 0.464 e. The number of carbonyl (C=O) groups excluding carboxylic acids is 2. The fourth-order valence-corrected chi connectivity index (χ4v) is 5.33. The second-order valence-corrected chi connectivity index (χ2v) is 9.90. The van der Waals surface area contributed by atoms with E-state index < -0.39 is 16.0 Å². The van der Waals surface area contributed by atoms with Gasteiger partial charge in [-0.15, -0.1) is 0 Å². The van der Waals surface area contributed by atoms with Crippen molar-refractivity contribution in [1.82, 2.24) is 9.21 Å². The van der Waals surface area contributed by atoms with Crippen LogP contribution in [-0.4, -0.2) is 62.3 Å². The van der Waals surface area contributed by atoms with Gasteiger partial charge < -0.3 is 14.1 Å². The van der Waals surface area contributed by atoms with Crippen molar-refractivity contribution in [2.45, 2.75) is 25.2 Å². The summed E-state index contributed by atoms with van der Waals surface area (Å²) in [6.07, 6.45) is 1.82. The van der Waals surface area contributed by atoms with Gasteiger partial charge in [-0.3, -0.25) is 4.79 Å². The second kappa shape index (κ2) is 9.36. The summed E-state index contributed by atoms with van der Waals surface area (Å²) in [5, 5.41) is 0.918. The molecule has 0 bridgehead atoms. The van der Waals surface area contributed by atoms with Gasteiger partial charge in [0.2, 0.25) is 15.9 Å². The number of aryl methyl sites for hydroxylation is 1. The lowest BCUT2D eigenvalue weighted by atomic mass is 10.1. The van der Waals surface area contributed by atoms with E-state index in [1.807, 2.05) is 25.1 Å². The zero-order chi connectivity index (χ0) is 23.6. The Morgan fingerprint density at radius 1 is 1.03 bits per heavy atom. The topological polar surface area (TPSA) is 97.1 Å². The Hall–Kier alpha value is -3.17. The minimum absolute atomic E-state index is 0.0610. The third kappa shape index (κ3) is 4.79. The van der Waals surface area contributed by atoms with Gasteiger partial charge in [0.15, 0.2) is 0 Å². The smallest absolute Gasteiger partial charge is 0.338 e. The molecule has 1 saturated heterocycles. The average Bonchev–Trinajstić information content (AvgIpc) is 3.21. The number of piperazine rings is 1. The minimum Gasteiger partial charge on any atom is -0.464 e. The van der Waals surface area contributed by atoms with Crippen molar-refractivity contribution in [1.29, 1.82) is 0 Å². The number of furan rings is 1.